The van der Waals surface area contributed by atoms with E-state index in [9.17, 15) is 8.78 Å². The molecule has 0 aliphatic heterocycles. The maximum Gasteiger partial charge on any atom is 0.191 e. The summed E-state index contributed by atoms with van der Waals surface area (Å²) in [5.41, 5.74) is 3.28. The van der Waals surface area contributed by atoms with Crippen LogP contribution in [0.15, 0.2) is 47.5 Å². The summed E-state index contributed by atoms with van der Waals surface area (Å²) < 4.78 is 34.9. The second-order valence-corrected chi connectivity index (χ2v) is 12.1. The maximum atomic E-state index is 14.2. The zero-order valence-corrected chi connectivity index (χ0v) is 24.0. The largest absolute Gasteiger partial charge is 0.489 e. The van der Waals surface area contributed by atoms with Crippen molar-refractivity contribution in [2.75, 3.05) is 13.2 Å². The molecule has 2 aliphatic rings. The number of fused-ring (bicyclic) bond motifs is 6. The molecule has 2 heterocycles. The summed E-state index contributed by atoms with van der Waals surface area (Å²) in [6, 6.07) is 12.4. The van der Waals surface area contributed by atoms with Gasteiger partial charge in [0.15, 0.2) is 11.7 Å². The fourth-order valence-electron chi connectivity index (χ4n) is 6.86. The van der Waals surface area contributed by atoms with Crippen LogP contribution in [0.4, 0.5) is 8.78 Å². The van der Waals surface area contributed by atoms with Gasteiger partial charge in [0.2, 0.25) is 0 Å². The number of guanidine groups is 1. The first kappa shape index (κ1) is 27.0. The normalized spacial score (nSPS) is 17.5. The van der Waals surface area contributed by atoms with E-state index in [0.29, 0.717) is 24.4 Å². The second-order valence-electron chi connectivity index (χ2n) is 12.1. The van der Waals surface area contributed by atoms with Gasteiger partial charge in [-0.15, -0.1) is 0 Å². The van der Waals surface area contributed by atoms with E-state index in [1.807, 2.05) is 6.07 Å². The number of aromatic nitrogens is 2. The Kier molecular flexibility index (Phi) is 7.61. The molecule has 2 aliphatic carbocycles. The first-order valence-electron chi connectivity index (χ1n) is 15.7. The van der Waals surface area contributed by atoms with Gasteiger partial charge in [-0.2, -0.15) is 0 Å². The molecular weight excluding hydrogens is 532 g/mol. The van der Waals surface area contributed by atoms with Gasteiger partial charge in [-0.25, -0.2) is 13.8 Å². The molecule has 3 aromatic carbocycles. The summed E-state index contributed by atoms with van der Waals surface area (Å²) >= 11 is 0. The van der Waals surface area contributed by atoms with E-state index in [1.165, 1.54) is 88.5 Å². The van der Waals surface area contributed by atoms with Gasteiger partial charge in [-0.1, -0.05) is 38.5 Å². The zero-order valence-electron chi connectivity index (χ0n) is 24.0. The summed E-state index contributed by atoms with van der Waals surface area (Å²) in [6.45, 7) is 1.22. The van der Waals surface area contributed by atoms with Gasteiger partial charge in [0, 0.05) is 45.2 Å². The Morgan fingerprint density at radius 2 is 1.36 bits per heavy atom. The minimum Gasteiger partial charge on any atom is -0.489 e. The number of nitrogens with zero attached hydrogens (tertiary/aromatic N) is 1. The number of benzene rings is 3. The molecule has 2 aromatic heterocycles. The number of H-pyrrole nitrogens is 2. The summed E-state index contributed by atoms with van der Waals surface area (Å²) in [7, 11) is 0. The summed E-state index contributed by atoms with van der Waals surface area (Å²) in [4.78, 5) is 12.0. The van der Waals surface area contributed by atoms with Crippen LogP contribution in [0, 0.1) is 11.6 Å². The van der Waals surface area contributed by atoms with Gasteiger partial charge in [-0.05, 0) is 74.6 Å². The third-order valence-electron chi connectivity index (χ3n) is 9.04. The molecule has 220 valence electrons. The Balaban J connectivity index is 1.12. The van der Waals surface area contributed by atoms with E-state index < -0.39 is 0 Å². The molecule has 2 saturated carbocycles. The van der Waals surface area contributed by atoms with Crippen molar-refractivity contribution < 1.29 is 13.5 Å². The van der Waals surface area contributed by atoms with Crippen LogP contribution in [0.3, 0.4) is 0 Å². The molecule has 0 saturated heterocycles. The van der Waals surface area contributed by atoms with Crippen LogP contribution in [0.25, 0.3) is 43.6 Å². The highest BCUT2D eigenvalue weighted by molar-refractivity contribution is 6.20. The van der Waals surface area contributed by atoms with Gasteiger partial charge in [-0.3, -0.25) is 0 Å². The first-order chi connectivity index (χ1) is 20.6. The predicted molar refractivity (Wildman–Crippen MR) is 168 cm³/mol. The van der Waals surface area contributed by atoms with Crippen molar-refractivity contribution >= 4 is 49.6 Å². The fraction of sp³-hybridized carbons (Fsp3) is 0.441. The number of hydrogen-bond donors (Lipinski definition) is 4. The van der Waals surface area contributed by atoms with Crippen LogP contribution in [0.1, 0.15) is 70.6 Å². The summed E-state index contributed by atoms with van der Waals surface area (Å²) in [6.07, 6.45) is 13.3. The molecule has 0 spiro atoms. The predicted octanol–water partition coefficient (Wildman–Crippen LogP) is 8.20. The standard InChI is InChI=1S/C34H39F2N5O/c35-21-12-14-29-25(18-21)27-20-28-26-19-22(36)13-15-30(26)41-32(28)33(31(27)40-29)42-17-7-16-37-34(38-23-8-3-1-4-9-23)39-24-10-5-2-6-11-24/h12-15,18-20,23-24,40-41H,1-11,16-17H2,(H2,37,38,39). The highest BCUT2D eigenvalue weighted by Gasteiger charge is 2.20. The minimum absolute atomic E-state index is 0.297. The average molecular weight is 572 g/mol. The fourth-order valence-corrected chi connectivity index (χ4v) is 6.86. The van der Waals surface area contributed by atoms with Crippen LogP contribution < -0.4 is 15.4 Å². The van der Waals surface area contributed by atoms with Gasteiger partial charge in [0.25, 0.3) is 0 Å². The highest BCUT2D eigenvalue weighted by Crippen LogP contribution is 2.41. The molecule has 0 unspecified atom stereocenters. The van der Waals surface area contributed by atoms with E-state index in [2.05, 4.69) is 20.6 Å². The second kappa shape index (κ2) is 11.8. The van der Waals surface area contributed by atoms with Crippen LogP contribution in [0.2, 0.25) is 0 Å². The van der Waals surface area contributed by atoms with Crippen molar-refractivity contribution in [3.63, 3.8) is 0 Å². The number of aliphatic imine (C=N–C) groups is 1. The zero-order chi connectivity index (χ0) is 28.5. The van der Waals surface area contributed by atoms with Crippen molar-refractivity contribution in [2.24, 2.45) is 4.99 Å². The third kappa shape index (κ3) is 5.51. The lowest BCUT2D eigenvalue weighted by atomic mass is 9.95. The van der Waals surface area contributed by atoms with Crippen molar-refractivity contribution in [1.29, 1.82) is 0 Å². The molecule has 5 aromatic rings. The van der Waals surface area contributed by atoms with E-state index in [-0.39, 0.29) is 11.6 Å². The Labute approximate surface area is 244 Å². The number of ether oxygens (including phenoxy) is 1. The lowest BCUT2D eigenvalue weighted by molar-refractivity contribution is 0.317. The molecule has 0 radical (unpaired) electrons. The molecule has 0 bridgehead atoms. The van der Waals surface area contributed by atoms with Crippen LogP contribution >= 0.6 is 0 Å². The van der Waals surface area contributed by atoms with E-state index in [1.54, 1.807) is 12.1 Å². The molecule has 8 heteroatoms. The van der Waals surface area contributed by atoms with E-state index in [4.69, 9.17) is 9.73 Å². The lowest BCUT2D eigenvalue weighted by Crippen LogP contribution is -2.45. The highest BCUT2D eigenvalue weighted by atomic mass is 19.1. The lowest BCUT2D eigenvalue weighted by Gasteiger charge is -2.27. The molecule has 6 nitrogen and oxygen atoms in total. The quantitative estimate of drug-likeness (QED) is 0.0903. The van der Waals surface area contributed by atoms with Gasteiger partial charge < -0.3 is 25.3 Å². The first-order valence-corrected chi connectivity index (χ1v) is 15.7. The Hall–Kier alpha value is -3.81. The number of aromatic amines is 2. The van der Waals surface area contributed by atoms with E-state index in [0.717, 1.165) is 62.5 Å². The monoisotopic (exact) mass is 571 g/mol. The molecule has 42 heavy (non-hydrogen) atoms. The van der Waals surface area contributed by atoms with Crippen molar-refractivity contribution in [1.82, 2.24) is 20.6 Å². The van der Waals surface area contributed by atoms with E-state index >= 15 is 0 Å². The maximum absolute atomic E-state index is 14.2. The Morgan fingerprint density at radius 1 is 0.762 bits per heavy atom. The number of rotatable bonds is 7. The topological polar surface area (TPSA) is 77.2 Å². The van der Waals surface area contributed by atoms with Gasteiger partial charge >= 0.3 is 0 Å². The molecule has 2 fully saturated rings. The Bertz CT molecular complexity index is 1650. The van der Waals surface area contributed by atoms with Crippen molar-refractivity contribution in [3.8, 4) is 5.75 Å². The molecule has 7 rings (SSSR count). The number of nitrogens with one attached hydrogen (secondary N) is 4. The minimum atomic E-state index is -0.297. The third-order valence-corrected chi connectivity index (χ3v) is 9.04. The van der Waals surface area contributed by atoms with Crippen molar-refractivity contribution in [2.45, 2.75) is 82.7 Å². The van der Waals surface area contributed by atoms with Crippen molar-refractivity contribution in [3.05, 3.63) is 54.1 Å². The average Bonchev–Trinajstić information content (AvgIpc) is 3.55. The molecular formula is C34H39F2N5O. The molecule has 0 amide bonds. The van der Waals surface area contributed by atoms with Gasteiger partial charge in [0.05, 0.1) is 23.7 Å². The van der Waals surface area contributed by atoms with Crippen LogP contribution in [-0.4, -0.2) is 41.2 Å². The van der Waals surface area contributed by atoms with Gasteiger partial charge in [0.1, 0.15) is 11.6 Å². The smallest absolute Gasteiger partial charge is 0.191 e. The number of hydrogen-bond acceptors (Lipinski definition) is 2. The number of halogens is 2. The SMILES string of the molecule is Fc1ccc2[nH]c3c(OCCCN/C(=N\C4CCCCC4)NC4CCCCC4)c4[nH]c5ccc(F)cc5c4cc3c2c1. The Morgan fingerprint density at radius 3 is 1.98 bits per heavy atom. The summed E-state index contributed by atoms with van der Waals surface area (Å²) in [5.74, 6) is 1.02. The summed E-state index contributed by atoms with van der Waals surface area (Å²) in [5, 5.41) is 10.6. The van der Waals surface area contributed by atoms with Crippen LogP contribution in [0.5, 0.6) is 5.75 Å². The molecule has 4 N–H and O–H groups in total. The molecule has 0 atom stereocenters. The van der Waals surface area contributed by atoms with Crippen LogP contribution in [-0.2, 0) is 0 Å².